The van der Waals surface area contributed by atoms with Gasteiger partial charge >= 0.3 is 0 Å². The van der Waals surface area contributed by atoms with Crippen LogP contribution in [0.25, 0.3) is 0 Å². The summed E-state index contributed by atoms with van der Waals surface area (Å²) >= 11 is 0. The summed E-state index contributed by atoms with van der Waals surface area (Å²) in [6, 6.07) is 8.35. The van der Waals surface area contributed by atoms with E-state index in [1.165, 1.54) is 12.8 Å². The molecular weight excluding hydrogens is 376 g/mol. The van der Waals surface area contributed by atoms with Crippen LogP contribution in [0.5, 0.6) is 0 Å². The molecule has 0 aromatic heterocycles. The predicted molar refractivity (Wildman–Crippen MR) is 120 cm³/mol. The molecule has 3 aliphatic rings. The van der Waals surface area contributed by atoms with Crippen LogP contribution in [0, 0.1) is 11.8 Å². The number of rotatable bonds is 5. The molecule has 1 N–H and O–H groups in total. The molecule has 0 radical (unpaired) electrons. The first kappa shape index (κ1) is 21.2. The van der Waals surface area contributed by atoms with E-state index in [9.17, 15) is 9.59 Å². The molecule has 0 unspecified atom stereocenters. The minimum atomic E-state index is -0.131. The van der Waals surface area contributed by atoms with Crippen molar-refractivity contribution in [2.75, 3.05) is 45.2 Å². The highest BCUT2D eigenvalue weighted by molar-refractivity contribution is 5.94. The molecule has 30 heavy (non-hydrogen) atoms. The molecule has 3 fully saturated rings. The lowest BCUT2D eigenvalue weighted by Gasteiger charge is -2.43. The maximum atomic E-state index is 13.0. The smallest absolute Gasteiger partial charge is 0.253 e. The Morgan fingerprint density at radius 3 is 2.47 bits per heavy atom. The van der Waals surface area contributed by atoms with Gasteiger partial charge < -0.3 is 15.1 Å². The van der Waals surface area contributed by atoms with Crippen molar-refractivity contribution in [1.29, 1.82) is 0 Å². The van der Waals surface area contributed by atoms with Crippen LogP contribution in [0.15, 0.2) is 24.3 Å². The zero-order valence-electron chi connectivity index (χ0n) is 18.9. The highest BCUT2D eigenvalue weighted by Crippen LogP contribution is 2.44. The molecule has 6 heteroatoms. The molecule has 0 bridgehead atoms. The van der Waals surface area contributed by atoms with Crippen LogP contribution in [0.1, 0.15) is 49.9 Å². The highest BCUT2D eigenvalue weighted by Gasteiger charge is 2.57. The van der Waals surface area contributed by atoms with Crippen molar-refractivity contribution < 1.29 is 9.59 Å². The van der Waals surface area contributed by atoms with Gasteiger partial charge in [-0.3, -0.25) is 14.5 Å². The van der Waals surface area contributed by atoms with Gasteiger partial charge in [0.05, 0.1) is 5.92 Å². The zero-order valence-corrected chi connectivity index (χ0v) is 18.9. The number of hydrogen-bond donors (Lipinski definition) is 1. The Balaban J connectivity index is 1.41. The van der Waals surface area contributed by atoms with Gasteiger partial charge in [0.1, 0.15) is 0 Å². The second kappa shape index (κ2) is 8.22. The molecule has 1 aromatic rings. The fourth-order valence-electron chi connectivity index (χ4n) is 5.74. The Morgan fingerprint density at radius 2 is 1.87 bits per heavy atom. The number of carbonyl (C=O) groups excluding carboxylic acids is 2. The second-order valence-corrected chi connectivity index (χ2v) is 9.68. The van der Waals surface area contributed by atoms with Crippen molar-refractivity contribution in [1.82, 2.24) is 15.1 Å². The number of benzene rings is 1. The Hall–Kier alpha value is -2.08. The summed E-state index contributed by atoms with van der Waals surface area (Å²) in [5.74, 6) is 0.817. The summed E-state index contributed by atoms with van der Waals surface area (Å²) in [7, 11) is 3.99. The first-order valence-electron chi connectivity index (χ1n) is 11.5. The topological polar surface area (TPSA) is 55.9 Å². The van der Waals surface area contributed by atoms with Crippen LogP contribution in [-0.2, 0) is 4.79 Å². The number of nitrogens with one attached hydrogen (secondary N) is 1. The third-order valence-corrected chi connectivity index (χ3v) is 7.67. The zero-order chi connectivity index (χ0) is 21.5. The quantitative estimate of drug-likeness (QED) is 0.808. The fraction of sp³-hybridized carbons (Fsp3) is 0.667. The summed E-state index contributed by atoms with van der Waals surface area (Å²) < 4.78 is 0. The third kappa shape index (κ3) is 3.70. The van der Waals surface area contributed by atoms with Gasteiger partial charge in [0, 0.05) is 69.0 Å². The van der Waals surface area contributed by atoms with Gasteiger partial charge in [-0.1, -0.05) is 13.3 Å². The van der Waals surface area contributed by atoms with Crippen molar-refractivity contribution in [3.05, 3.63) is 29.8 Å². The summed E-state index contributed by atoms with van der Waals surface area (Å²) in [4.78, 5) is 32.3. The Bertz CT molecular complexity index is 783. The second-order valence-electron chi connectivity index (χ2n) is 9.68. The van der Waals surface area contributed by atoms with E-state index in [1.807, 2.05) is 48.2 Å². The van der Waals surface area contributed by atoms with E-state index >= 15 is 0 Å². The van der Waals surface area contributed by atoms with E-state index in [2.05, 4.69) is 24.1 Å². The molecular formula is C24H36N4O2. The average Bonchev–Trinajstić information content (AvgIpc) is 3.29. The molecule has 3 atom stereocenters. The molecule has 0 saturated carbocycles. The van der Waals surface area contributed by atoms with Crippen LogP contribution in [0.4, 0.5) is 5.69 Å². The van der Waals surface area contributed by atoms with Crippen molar-refractivity contribution in [2.45, 2.75) is 51.1 Å². The maximum absolute atomic E-state index is 13.0. The highest BCUT2D eigenvalue weighted by atomic mass is 16.2. The van der Waals surface area contributed by atoms with E-state index in [1.54, 1.807) is 0 Å². The lowest BCUT2D eigenvalue weighted by molar-refractivity contribution is -0.123. The molecule has 0 aliphatic carbocycles. The van der Waals surface area contributed by atoms with Gasteiger partial charge in [-0.25, -0.2) is 0 Å². The first-order chi connectivity index (χ1) is 14.3. The summed E-state index contributed by atoms with van der Waals surface area (Å²) in [6.07, 6.45) is 4.08. The van der Waals surface area contributed by atoms with Crippen LogP contribution >= 0.6 is 0 Å². The number of amides is 2. The van der Waals surface area contributed by atoms with Crippen LogP contribution in [0.3, 0.4) is 0 Å². The molecule has 1 spiro atoms. The molecule has 3 heterocycles. The molecule has 6 nitrogen and oxygen atoms in total. The predicted octanol–water partition coefficient (Wildman–Crippen LogP) is 2.59. The molecule has 3 saturated heterocycles. The van der Waals surface area contributed by atoms with Gasteiger partial charge in [-0.05, 0) is 50.5 Å². The van der Waals surface area contributed by atoms with E-state index in [0.717, 1.165) is 37.2 Å². The van der Waals surface area contributed by atoms with Crippen LogP contribution in [0.2, 0.25) is 0 Å². The Labute approximate surface area is 180 Å². The number of hydrogen-bond acceptors (Lipinski definition) is 4. The summed E-state index contributed by atoms with van der Waals surface area (Å²) in [5, 5.41) is 3.37. The maximum Gasteiger partial charge on any atom is 0.253 e. The normalized spacial score (nSPS) is 26.5. The first-order valence-corrected chi connectivity index (χ1v) is 11.5. The van der Waals surface area contributed by atoms with Crippen molar-refractivity contribution in [3.8, 4) is 0 Å². The van der Waals surface area contributed by atoms with E-state index in [0.29, 0.717) is 25.0 Å². The molecule has 164 valence electrons. The number of carbonyl (C=O) groups is 2. The van der Waals surface area contributed by atoms with E-state index in [4.69, 9.17) is 0 Å². The lowest BCUT2D eigenvalue weighted by atomic mass is 9.75. The Morgan fingerprint density at radius 1 is 1.20 bits per heavy atom. The van der Waals surface area contributed by atoms with Crippen LogP contribution in [-0.4, -0.2) is 73.5 Å². The van der Waals surface area contributed by atoms with E-state index < -0.39 is 0 Å². The summed E-state index contributed by atoms with van der Waals surface area (Å²) in [6.45, 7) is 7.83. The number of nitrogens with zero attached hydrogens (tertiary/aromatic N) is 3. The standard InChI is InChI=1S/C24H36N4O2/c1-5-6-17(2)28-15-20-21(16-28)24(25-22(20)29)11-13-27(14-12-24)23(30)18-7-9-19(10-8-18)26(3)4/h7-10,17,20-21H,5-6,11-16H2,1-4H3,(H,25,29)/t17-,20+,21-/m0/s1. The van der Waals surface area contributed by atoms with Gasteiger partial charge in [0.25, 0.3) is 5.91 Å². The molecule has 1 aromatic carbocycles. The summed E-state index contributed by atoms with van der Waals surface area (Å²) in [5.41, 5.74) is 1.70. The fourth-order valence-corrected chi connectivity index (χ4v) is 5.74. The van der Waals surface area contributed by atoms with Gasteiger partial charge in [-0.15, -0.1) is 0 Å². The number of fused-ring (bicyclic) bond motifs is 2. The molecule has 3 aliphatic heterocycles. The minimum Gasteiger partial charge on any atom is -0.378 e. The minimum absolute atomic E-state index is 0.0978. The van der Waals surface area contributed by atoms with Crippen LogP contribution < -0.4 is 10.2 Å². The monoisotopic (exact) mass is 412 g/mol. The van der Waals surface area contributed by atoms with Gasteiger partial charge in [-0.2, -0.15) is 0 Å². The van der Waals surface area contributed by atoms with Gasteiger partial charge in [0.15, 0.2) is 0 Å². The van der Waals surface area contributed by atoms with Crippen molar-refractivity contribution >= 4 is 17.5 Å². The Kier molecular flexibility index (Phi) is 5.80. The average molecular weight is 413 g/mol. The lowest BCUT2D eigenvalue weighted by Crippen LogP contribution is -2.56. The SMILES string of the molecule is CCC[C@H](C)N1C[C@H]2C(=O)NC3(CCN(C(=O)c4ccc(N(C)C)cc4)CC3)[C@H]2C1. The number of piperidine rings is 1. The largest absolute Gasteiger partial charge is 0.378 e. The van der Waals surface area contributed by atoms with Gasteiger partial charge in [0.2, 0.25) is 5.91 Å². The molecule has 4 rings (SSSR count). The molecule has 2 amide bonds. The number of anilines is 1. The van der Waals surface area contributed by atoms with E-state index in [-0.39, 0.29) is 23.3 Å². The third-order valence-electron chi connectivity index (χ3n) is 7.67. The van der Waals surface area contributed by atoms with Crippen molar-refractivity contribution in [3.63, 3.8) is 0 Å². The van der Waals surface area contributed by atoms with Crippen molar-refractivity contribution in [2.24, 2.45) is 11.8 Å². The number of likely N-dealkylation sites (tertiary alicyclic amines) is 2.